The molecule has 6 nitrogen and oxygen atoms in total. The third-order valence-electron chi connectivity index (χ3n) is 2.67. The van der Waals surface area contributed by atoms with Gasteiger partial charge in [0.25, 0.3) is 0 Å². The Labute approximate surface area is 116 Å². The average molecular weight is 316 g/mol. The van der Waals surface area contributed by atoms with Crippen LogP contribution in [0.3, 0.4) is 0 Å². The first kappa shape index (κ1) is 14.9. The van der Waals surface area contributed by atoms with E-state index in [1.54, 1.807) is 36.4 Å². The zero-order valence-corrected chi connectivity index (χ0v) is 11.9. The summed E-state index contributed by atoms with van der Waals surface area (Å²) < 4.78 is 57.6. The third-order valence-corrected chi connectivity index (χ3v) is 4.86. The predicted molar refractivity (Wildman–Crippen MR) is 73.5 cm³/mol. The molecule has 0 fully saturated rings. The zero-order chi connectivity index (χ0) is 14.8. The second kappa shape index (κ2) is 5.49. The monoisotopic (exact) mass is 316 g/mol. The largest absolute Gasteiger partial charge is 0.397 e. The van der Waals surface area contributed by atoms with Crippen LogP contribution in [0.15, 0.2) is 47.4 Å². The van der Waals surface area contributed by atoms with Gasteiger partial charge in [-0.05, 0) is 11.5 Å². The quantitative estimate of drug-likeness (QED) is 0.838. The van der Waals surface area contributed by atoms with Gasteiger partial charge in [-0.15, -0.1) is 0 Å². The van der Waals surface area contributed by atoms with E-state index in [9.17, 15) is 16.8 Å². The standard InChI is InChI=1S/C12H12O6S2/c13-19(14,9-8-18-20(15,16)17)12-7-3-5-10-4-1-2-6-11(10)12/h1-7H,8-9H2,(H,15,16,17). The van der Waals surface area contributed by atoms with Crippen LogP contribution >= 0.6 is 0 Å². The van der Waals surface area contributed by atoms with Crippen molar-refractivity contribution < 1.29 is 25.6 Å². The van der Waals surface area contributed by atoms with Crippen LogP contribution in [-0.4, -0.2) is 33.7 Å². The molecular weight excluding hydrogens is 304 g/mol. The van der Waals surface area contributed by atoms with Crippen molar-refractivity contribution in [1.82, 2.24) is 0 Å². The first-order valence-corrected chi connectivity index (χ1v) is 8.64. The van der Waals surface area contributed by atoms with Gasteiger partial charge in [0.15, 0.2) is 9.84 Å². The number of benzene rings is 2. The van der Waals surface area contributed by atoms with Gasteiger partial charge in [-0.1, -0.05) is 36.4 Å². The van der Waals surface area contributed by atoms with Crippen molar-refractivity contribution in [3.63, 3.8) is 0 Å². The summed E-state index contributed by atoms with van der Waals surface area (Å²) in [6.07, 6.45) is 0. The number of sulfone groups is 1. The Kier molecular flexibility index (Phi) is 4.09. The molecule has 0 unspecified atom stereocenters. The van der Waals surface area contributed by atoms with E-state index >= 15 is 0 Å². The Morgan fingerprint density at radius 2 is 1.60 bits per heavy atom. The van der Waals surface area contributed by atoms with E-state index in [1.165, 1.54) is 6.07 Å². The van der Waals surface area contributed by atoms with Gasteiger partial charge in [-0.2, -0.15) is 8.42 Å². The van der Waals surface area contributed by atoms with E-state index in [0.717, 1.165) is 5.39 Å². The number of hydrogen-bond acceptors (Lipinski definition) is 5. The Balaban J connectivity index is 2.33. The Hall–Kier alpha value is -1.48. The summed E-state index contributed by atoms with van der Waals surface area (Å²) >= 11 is 0. The van der Waals surface area contributed by atoms with Gasteiger partial charge >= 0.3 is 10.4 Å². The highest BCUT2D eigenvalue weighted by molar-refractivity contribution is 7.91. The molecule has 0 aromatic heterocycles. The fourth-order valence-corrected chi connectivity index (χ4v) is 3.55. The molecule has 0 aliphatic rings. The van der Waals surface area contributed by atoms with Crippen molar-refractivity contribution in [3.8, 4) is 0 Å². The molecule has 20 heavy (non-hydrogen) atoms. The van der Waals surface area contributed by atoms with E-state index < -0.39 is 32.6 Å². The lowest BCUT2D eigenvalue weighted by molar-refractivity contribution is 0.284. The maximum atomic E-state index is 12.2. The molecule has 1 N–H and O–H groups in total. The first-order valence-electron chi connectivity index (χ1n) is 5.62. The summed E-state index contributed by atoms with van der Waals surface area (Å²) in [6, 6.07) is 11.8. The molecule has 2 rings (SSSR count). The van der Waals surface area contributed by atoms with Crippen LogP contribution in [0.1, 0.15) is 0 Å². The molecule has 0 heterocycles. The van der Waals surface area contributed by atoms with Crippen LogP contribution in [0.25, 0.3) is 10.8 Å². The van der Waals surface area contributed by atoms with Crippen LogP contribution in [-0.2, 0) is 24.4 Å². The molecule has 0 amide bonds. The highest BCUT2D eigenvalue weighted by Crippen LogP contribution is 2.23. The van der Waals surface area contributed by atoms with Crippen LogP contribution < -0.4 is 0 Å². The van der Waals surface area contributed by atoms with Crippen LogP contribution in [0.4, 0.5) is 0 Å². The maximum Gasteiger partial charge on any atom is 0.397 e. The van der Waals surface area contributed by atoms with Crippen molar-refractivity contribution in [2.75, 3.05) is 12.4 Å². The molecule has 0 atom stereocenters. The summed E-state index contributed by atoms with van der Waals surface area (Å²) in [5.74, 6) is -0.541. The lowest BCUT2D eigenvalue weighted by atomic mass is 10.1. The SMILES string of the molecule is O=S(=O)(O)OCCS(=O)(=O)c1cccc2ccccc12. The summed E-state index contributed by atoms with van der Waals surface area (Å²) in [4.78, 5) is 0.106. The van der Waals surface area contributed by atoms with Crippen molar-refractivity contribution in [2.45, 2.75) is 4.90 Å². The highest BCUT2D eigenvalue weighted by atomic mass is 32.3. The van der Waals surface area contributed by atoms with Crippen molar-refractivity contribution >= 4 is 31.0 Å². The van der Waals surface area contributed by atoms with Gasteiger partial charge in [0.1, 0.15) is 0 Å². The lowest BCUT2D eigenvalue weighted by Gasteiger charge is -2.07. The summed E-state index contributed by atoms with van der Waals surface area (Å²) in [6.45, 7) is -0.635. The smallest absolute Gasteiger partial charge is 0.264 e. The molecule has 0 spiro atoms. The van der Waals surface area contributed by atoms with Crippen LogP contribution in [0.5, 0.6) is 0 Å². The molecule has 8 heteroatoms. The third kappa shape index (κ3) is 3.54. The summed E-state index contributed by atoms with van der Waals surface area (Å²) in [5.41, 5.74) is 0. The van der Waals surface area contributed by atoms with Crippen molar-refractivity contribution in [1.29, 1.82) is 0 Å². The molecule has 0 saturated heterocycles. The van der Waals surface area contributed by atoms with E-state index in [2.05, 4.69) is 4.18 Å². The number of hydrogen-bond donors (Lipinski definition) is 1. The predicted octanol–water partition coefficient (Wildman–Crippen LogP) is 1.43. The van der Waals surface area contributed by atoms with Crippen LogP contribution in [0.2, 0.25) is 0 Å². The second-order valence-electron chi connectivity index (χ2n) is 4.05. The molecular formula is C12H12O6S2. The number of fused-ring (bicyclic) bond motifs is 1. The van der Waals surface area contributed by atoms with E-state index in [4.69, 9.17) is 4.55 Å². The van der Waals surface area contributed by atoms with Gasteiger partial charge in [0.2, 0.25) is 0 Å². The van der Waals surface area contributed by atoms with E-state index in [0.29, 0.717) is 5.39 Å². The second-order valence-corrected chi connectivity index (χ2v) is 7.21. The zero-order valence-electron chi connectivity index (χ0n) is 10.3. The minimum absolute atomic E-state index is 0.106. The van der Waals surface area contributed by atoms with E-state index in [-0.39, 0.29) is 4.90 Å². The van der Waals surface area contributed by atoms with Crippen molar-refractivity contribution in [2.24, 2.45) is 0 Å². The molecule has 108 valence electrons. The maximum absolute atomic E-state index is 12.2. The fraction of sp³-hybridized carbons (Fsp3) is 0.167. The van der Waals surface area contributed by atoms with Gasteiger partial charge in [-0.3, -0.25) is 4.55 Å². The molecule has 0 bridgehead atoms. The molecule has 2 aromatic rings. The lowest BCUT2D eigenvalue weighted by Crippen LogP contribution is -2.15. The average Bonchev–Trinajstić information content (AvgIpc) is 2.36. The molecule has 0 aliphatic carbocycles. The molecule has 0 radical (unpaired) electrons. The van der Waals surface area contributed by atoms with Gasteiger partial charge in [0.05, 0.1) is 17.3 Å². The Morgan fingerprint density at radius 1 is 0.950 bits per heavy atom. The normalized spacial score (nSPS) is 12.7. The number of rotatable bonds is 5. The topological polar surface area (TPSA) is 97.7 Å². The highest BCUT2D eigenvalue weighted by Gasteiger charge is 2.18. The molecule has 0 aliphatic heterocycles. The van der Waals surface area contributed by atoms with Gasteiger partial charge < -0.3 is 0 Å². The van der Waals surface area contributed by atoms with Gasteiger partial charge in [-0.25, -0.2) is 12.6 Å². The Morgan fingerprint density at radius 3 is 2.30 bits per heavy atom. The van der Waals surface area contributed by atoms with E-state index in [1.807, 2.05) is 0 Å². The minimum Gasteiger partial charge on any atom is -0.264 e. The van der Waals surface area contributed by atoms with Crippen molar-refractivity contribution in [3.05, 3.63) is 42.5 Å². The first-order chi connectivity index (χ1) is 9.30. The Bertz CT molecular complexity index is 819. The molecule has 0 saturated carbocycles. The fourth-order valence-electron chi connectivity index (χ4n) is 1.83. The van der Waals surface area contributed by atoms with Gasteiger partial charge in [0, 0.05) is 5.39 Å². The molecule has 2 aromatic carbocycles. The summed E-state index contributed by atoms with van der Waals surface area (Å²) in [7, 11) is -8.35. The minimum atomic E-state index is -4.64. The van der Waals surface area contributed by atoms with Crippen LogP contribution in [0, 0.1) is 0 Å². The summed E-state index contributed by atoms with van der Waals surface area (Å²) in [5, 5.41) is 1.33.